The second-order valence-electron chi connectivity index (χ2n) is 4.65. The van der Waals surface area contributed by atoms with Crippen LogP contribution in [0, 0.1) is 20.8 Å². The number of nitrogens with one attached hydrogen (secondary N) is 1. The lowest BCUT2D eigenvalue weighted by Gasteiger charge is -2.23. The van der Waals surface area contributed by atoms with Gasteiger partial charge in [-0.2, -0.15) is 0 Å². The minimum Gasteiger partial charge on any atom is -0.307 e. The first-order valence-corrected chi connectivity index (χ1v) is 5.93. The van der Waals surface area contributed by atoms with Gasteiger partial charge in [-0.1, -0.05) is 36.8 Å². The van der Waals surface area contributed by atoms with Gasteiger partial charge in [0.2, 0.25) is 0 Å². The summed E-state index contributed by atoms with van der Waals surface area (Å²) in [5, 5.41) is 3.50. The summed E-state index contributed by atoms with van der Waals surface area (Å²) in [7, 11) is 0. The molecule has 88 valence electrons. The fourth-order valence-corrected chi connectivity index (χ4v) is 2.37. The molecule has 1 N–H and O–H groups in total. The van der Waals surface area contributed by atoms with Crippen LogP contribution in [0.25, 0.3) is 0 Å². The third-order valence-electron chi connectivity index (χ3n) is 2.93. The minimum atomic E-state index is 0.283. The van der Waals surface area contributed by atoms with E-state index in [9.17, 15) is 0 Å². The van der Waals surface area contributed by atoms with E-state index in [-0.39, 0.29) is 6.04 Å². The number of aryl methyl sites for hydroxylation is 3. The van der Waals surface area contributed by atoms with Crippen molar-refractivity contribution in [1.29, 1.82) is 0 Å². The van der Waals surface area contributed by atoms with Crippen molar-refractivity contribution in [2.75, 3.05) is 6.54 Å². The highest BCUT2D eigenvalue weighted by atomic mass is 14.9. The van der Waals surface area contributed by atoms with Gasteiger partial charge in [-0.15, -0.1) is 0 Å². The summed E-state index contributed by atoms with van der Waals surface area (Å²) in [6, 6.07) is 4.77. The van der Waals surface area contributed by atoms with Crippen LogP contribution in [0.15, 0.2) is 24.3 Å². The second-order valence-corrected chi connectivity index (χ2v) is 4.65. The number of benzene rings is 1. The van der Waals surface area contributed by atoms with Gasteiger partial charge in [-0.05, 0) is 50.9 Å². The fraction of sp³-hybridized carbons (Fsp3) is 0.467. The molecule has 0 radical (unpaired) electrons. The number of hydrogen-bond donors (Lipinski definition) is 1. The van der Waals surface area contributed by atoms with E-state index in [1.807, 2.05) is 0 Å². The molecule has 1 aromatic rings. The van der Waals surface area contributed by atoms with E-state index in [1.165, 1.54) is 27.8 Å². The Morgan fingerprint density at radius 2 is 1.75 bits per heavy atom. The molecule has 0 saturated carbocycles. The van der Waals surface area contributed by atoms with E-state index in [2.05, 4.69) is 58.6 Å². The van der Waals surface area contributed by atoms with Gasteiger partial charge in [0.1, 0.15) is 0 Å². The monoisotopic (exact) mass is 217 g/mol. The lowest BCUT2D eigenvalue weighted by atomic mass is 9.91. The molecule has 1 heteroatoms. The highest BCUT2D eigenvalue weighted by Gasteiger charge is 2.15. The van der Waals surface area contributed by atoms with Crippen LogP contribution in [0.1, 0.15) is 42.1 Å². The molecule has 0 bridgehead atoms. The third kappa shape index (κ3) is 2.73. The molecular formula is C15H23N. The van der Waals surface area contributed by atoms with Crippen molar-refractivity contribution in [2.45, 2.75) is 40.7 Å². The van der Waals surface area contributed by atoms with Gasteiger partial charge in [0, 0.05) is 0 Å². The summed E-state index contributed by atoms with van der Waals surface area (Å²) in [6.07, 6.45) is 0. The molecule has 0 amide bonds. The van der Waals surface area contributed by atoms with Crippen LogP contribution in [0.5, 0.6) is 0 Å². The van der Waals surface area contributed by atoms with E-state index >= 15 is 0 Å². The van der Waals surface area contributed by atoms with Gasteiger partial charge in [-0.3, -0.25) is 0 Å². The summed E-state index contributed by atoms with van der Waals surface area (Å²) in [6.45, 7) is 15.8. The van der Waals surface area contributed by atoms with Gasteiger partial charge in [0.05, 0.1) is 6.04 Å². The maximum Gasteiger partial charge on any atom is 0.0535 e. The van der Waals surface area contributed by atoms with Crippen LogP contribution in [0.4, 0.5) is 0 Å². The SMILES string of the molecule is C=C(C)C(NCC)c1c(C)cc(C)cc1C. The van der Waals surface area contributed by atoms with Crippen LogP contribution < -0.4 is 5.32 Å². The van der Waals surface area contributed by atoms with E-state index in [0.717, 1.165) is 6.54 Å². The van der Waals surface area contributed by atoms with E-state index in [4.69, 9.17) is 0 Å². The molecule has 0 fully saturated rings. The average Bonchev–Trinajstić information content (AvgIpc) is 2.14. The number of likely N-dealkylation sites (N-methyl/N-ethyl adjacent to an activating group) is 1. The fourth-order valence-electron chi connectivity index (χ4n) is 2.37. The van der Waals surface area contributed by atoms with Crippen LogP contribution >= 0.6 is 0 Å². The summed E-state index contributed by atoms with van der Waals surface area (Å²) in [4.78, 5) is 0. The van der Waals surface area contributed by atoms with Crippen LogP contribution in [0.2, 0.25) is 0 Å². The first-order valence-electron chi connectivity index (χ1n) is 5.93. The Hall–Kier alpha value is -1.08. The highest BCUT2D eigenvalue weighted by molar-refractivity contribution is 5.42. The molecule has 0 aliphatic carbocycles. The van der Waals surface area contributed by atoms with Gasteiger partial charge in [0.15, 0.2) is 0 Å². The van der Waals surface area contributed by atoms with Crippen molar-refractivity contribution in [3.8, 4) is 0 Å². The summed E-state index contributed by atoms with van der Waals surface area (Å²) < 4.78 is 0. The predicted octanol–water partition coefficient (Wildman–Crippen LogP) is 3.84. The molecule has 16 heavy (non-hydrogen) atoms. The first kappa shape index (κ1) is 13.0. The molecule has 0 saturated heterocycles. The molecule has 0 aromatic heterocycles. The molecule has 0 aliphatic rings. The zero-order valence-corrected chi connectivity index (χ0v) is 11.1. The van der Waals surface area contributed by atoms with E-state index in [0.29, 0.717) is 0 Å². The van der Waals surface area contributed by atoms with Crippen molar-refractivity contribution in [3.63, 3.8) is 0 Å². The van der Waals surface area contributed by atoms with Crippen molar-refractivity contribution >= 4 is 0 Å². The molecule has 1 atom stereocenters. The van der Waals surface area contributed by atoms with Gasteiger partial charge in [-0.25, -0.2) is 0 Å². The lowest BCUT2D eigenvalue weighted by Crippen LogP contribution is -2.23. The van der Waals surface area contributed by atoms with Crippen LogP contribution in [-0.2, 0) is 0 Å². The van der Waals surface area contributed by atoms with Crippen molar-refractivity contribution in [1.82, 2.24) is 5.32 Å². The normalized spacial score (nSPS) is 12.6. The van der Waals surface area contributed by atoms with Crippen LogP contribution in [-0.4, -0.2) is 6.54 Å². The summed E-state index contributed by atoms with van der Waals surface area (Å²) in [5.74, 6) is 0. The molecule has 1 nitrogen and oxygen atoms in total. The molecule has 0 aliphatic heterocycles. The zero-order chi connectivity index (χ0) is 12.3. The Morgan fingerprint density at radius 3 is 2.12 bits per heavy atom. The first-order chi connectivity index (χ1) is 7.47. The lowest BCUT2D eigenvalue weighted by molar-refractivity contribution is 0.615. The van der Waals surface area contributed by atoms with Gasteiger partial charge >= 0.3 is 0 Å². The Bertz CT molecular complexity index is 367. The predicted molar refractivity (Wildman–Crippen MR) is 71.9 cm³/mol. The second kappa shape index (κ2) is 5.31. The maximum atomic E-state index is 4.09. The van der Waals surface area contributed by atoms with E-state index in [1.54, 1.807) is 0 Å². The van der Waals surface area contributed by atoms with Gasteiger partial charge < -0.3 is 5.32 Å². The van der Waals surface area contributed by atoms with E-state index < -0.39 is 0 Å². The quantitative estimate of drug-likeness (QED) is 0.756. The topological polar surface area (TPSA) is 12.0 Å². The Labute approximate surface area is 99.6 Å². The molecular weight excluding hydrogens is 194 g/mol. The molecule has 1 rings (SSSR count). The smallest absolute Gasteiger partial charge is 0.0535 e. The average molecular weight is 217 g/mol. The summed E-state index contributed by atoms with van der Waals surface area (Å²) >= 11 is 0. The largest absolute Gasteiger partial charge is 0.307 e. The molecule has 1 unspecified atom stereocenters. The molecule has 0 spiro atoms. The molecule has 0 heterocycles. The number of hydrogen-bond acceptors (Lipinski definition) is 1. The Kier molecular flexibility index (Phi) is 4.31. The van der Waals surface area contributed by atoms with Gasteiger partial charge in [0.25, 0.3) is 0 Å². The molecule has 1 aromatic carbocycles. The van der Waals surface area contributed by atoms with Crippen molar-refractivity contribution < 1.29 is 0 Å². The third-order valence-corrected chi connectivity index (χ3v) is 2.93. The Balaban J connectivity index is 3.23. The van der Waals surface area contributed by atoms with Crippen LogP contribution in [0.3, 0.4) is 0 Å². The number of rotatable bonds is 4. The van der Waals surface area contributed by atoms with Crippen molar-refractivity contribution in [3.05, 3.63) is 46.5 Å². The summed E-state index contributed by atoms with van der Waals surface area (Å²) in [5.41, 5.74) is 6.60. The maximum absolute atomic E-state index is 4.09. The minimum absolute atomic E-state index is 0.283. The zero-order valence-electron chi connectivity index (χ0n) is 11.1. The highest BCUT2D eigenvalue weighted by Crippen LogP contribution is 2.27. The Morgan fingerprint density at radius 1 is 1.25 bits per heavy atom. The van der Waals surface area contributed by atoms with Crippen molar-refractivity contribution in [2.24, 2.45) is 0 Å². The standard InChI is InChI=1S/C15H23N/c1-7-16-15(10(2)3)14-12(5)8-11(4)9-13(14)6/h8-9,15-16H,2,7H2,1,3-6H3.